The summed E-state index contributed by atoms with van der Waals surface area (Å²) in [5, 5.41) is 3.33. The number of nitrogens with zero attached hydrogens (tertiary/aromatic N) is 2. The Bertz CT molecular complexity index is 537. The van der Waals surface area contributed by atoms with Gasteiger partial charge in [-0.2, -0.15) is 0 Å². The smallest absolute Gasteiger partial charge is 0.131 e. The first-order valence-electron chi connectivity index (χ1n) is 7.12. The van der Waals surface area contributed by atoms with Crippen LogP contribution in [0.1, 0.15) is 23.6 Å². The zero-order valence-corrected chi connectivity index (χ0v) is 12.6. The fourth-order valence-electron chi connectivity index (χ4n) is 2.32. The second kappa shape index (κ2) is 7.06. The third-order valence-electron chi connectivity index (χ3n) is 3.31. The summed E-state index contributed by atoms with van der Waals surface area (Å²) in [5.41, 5.74) is 3.76. The fourth-order valence-corrected chi connectivity index (χ4v) is 2.32. The molecular formula is C17H23N3. The van der Waals surface area contributed by atoms with E-state index in [4.69, 9.17) is 0 Å². The van der Waals surface area contributed by atoms with Crippen LogP contribution in [0.5, 0.6) is 0 Å². The van der Waals surface area contributed by atoms with Crippen LogP contribution in [-0.2, 0) is 13.1 Å². The highest BCUT2D eigenvalue weighted by molar-refractivity contribution is 5.47. The summed E-state index contributed by atoms with van der Waals surface area (Å²) in [7, 11) is 2.09. The first kappa shape index (κ1) is 14.5. The van der Waals surface area contributed by atoms with E-state index in [2.05, 4.69) is 66.4 Å². The van der Waals surface area contributed by atoms with Crippen molar-refractivity contribution in [1.29, 1.82) is 0 Å². The van der Waals surface area contributed by atoms with Crippen LogP contribution in [0.25, 0.3) is 0 Å². The van der Waals surface area contributed by atoms with Gasteiger partial charge in [-0.3, -0.25) is 0 Å². The topological polar surface area (TPSA) is 28.2 Å². The number of rotatable bonds is 6. The monoisotopic (exact) mass is 269 g/mol. The molecule has 1 heterocycles. The number of benzene rings is 1. The molecule has 0 unspecified atom stereocenters. The molecule has 20 heavy (non-hydrogen) atoms. The standard InChI is InChI=1S/C17H23N3/c1-4-18-11-16-10-14(2)17(19-12-16)20(3)13-15-8-6-5-7-9-15/h5-10,12,18H,4,11,13H2,1-3H3. The zero-order valence-electron chi connectivity index (χ0n) is 12.6. The first-order valence-corrected chi connectivity index (χ1v) is 7.12. The molecule has 3 heteroatoms. The van der Waals surface area contributed by atoms with Crippen molar-refractivity contribution in [3.8, 4) is 0 Å². The number of hydrogen-bond donors (Lipinski definition) is 1. The van der Waals surface area contributed by atoms with Gasteiger partial charge in [-0.1, -0.05) is 37.3 Å². The number of nitrogens with one attached hydrogen (secondary N) is 1. The van der Waals surface area contributed by atoms with Crippen molar-refractivity contribution < 1.29 is 0 Å². The van der Waals surface area contributed by atoms with E-state index in [1.165, 1.54) is 16.7 Å². The number of anilines is 1. The summed E-state index contributed by atoms with van der Waals surface area (Å²) in [6, 6.07) is 12.7. The van der Waals surface area contributed by atoms with E-state index in [0.717, 1.165) is 25.5 Å². The number of hydrogen-bond acceptors (Lipinski definition) is 3. The van der Waals surface area contributed by atoms with Crippen molar-refractivity contribution in [3.05, 3.63) is 59.3 Å². The Morgan fingerprint density at radius 3 is 2.55 bits per heavy atom. The lowest BCUT2D eigenvalue weighted by Gasteiger charge is -2.20. The molecule has 0 aliphatic rings. The molecule has 0 saturated carbocycles. The molecule has 0 spiro atoms. The normalized spacial score (nSPS) is 10.6. The van der Waals surface area contributed by atoms with E-state index in [1.807, 2.05) is 12.3 Å². The third-order valence-corrected chi connectivity index (χ3v) is 3.31. The van der Waals surface area contributed by atoms with E-state index in [1.54, 1.807) is 0 Å². The highest BCUT2D eigenvalue weighted by Crippen LogP contribution is 2.18. The summed E-state index contributed by atoms with van der Waals surface area (Å²) in [6.07, 6.45) is 1.96. The molecule has 2 aromatic rings. The highest BCUT2D eigenvalue weighted by atomic mass is 15.2. The fraction of sp³-hybridized carbons (Fsp3) is 0.353. The molecule has 0 saturated heterocycles. The van der Waals surface area contributed by atoms with Crippen LogP contribution in [0.2, 0.25) is 0 Å². The maximum absolute atomic E-state index is 4.61. The predicted octanol–water partition coefficient (Wildman–Crippen LogP) is 3.14. The summed E-state index contributed by atoms with van der Waals surface area (Å²) < 4.78 is 0. The van der Waals surface area contributed by atoms with Crippen molar-refractivity contribution in [2.45, 2.75) is 26.9 Å². The van der Waals surface area contributed by atoms with Gasteiger partial charge in [0, 0.05) is 26.3 Å². The molecule has 2 rings (SSSR count). The van der Waals surface area contributed by atoms with Crippen molar-refractivity contribution in [2.24, 2.45) is 0 Å². The quantitative estimate of drug-likeness (QED) is 0.873. The minimum absolute atomic E-state index is 0.876. The second-order valence-corrected chi connectivity index (χ2v) is 5.11. The lowest BCUT2D eigenvalue weighted by molar-refractivity contribution is 0.723. The molecule has 106 valence electrons. The third kappa shape index (κ3) is 3.81. The maximum Gasteiger partial charge on any atom is 0.131 e. The molecule has 1 N–H and O–H groups in total. The van der Waals surface area contributed by atoms with E-state index in [0.29, 0.717) is 0 Å². The Kier molecular flexibility index (Phi) is 5.13. The maximum atomic E-state index is 4.61. The van der Waals surface area contributed by atoms with Crippen molar-refractivity contribution in [3.63, 3.8) is 0 Å². The minimum Gasteiger partial charge on any atom is -0.355 e. The number of aromatic nitrogens is 1. The molecule has 0 bridgehead atoms. The van der Waals surface area contributed by atoms with E-state index in [9.17, 15) is 0 Å². The van der Waals surface area contributed by atoms with Crippen LogP contribution < -0.4 is 10.2 Å². The predicted molar refractivity (Wildman–Crippen MR) is 84.9 cm³/mol. The summed E-state index contributed by atoms with van der Waals surface area (Å²) in [4.78, 5) is 6.81. The Labute approximate surface area is 121 Å². The molecule has 0 aliphatic carbocycles. The van der Waals surface area contributed by atoms with Crippen LogP contribution in [0.15, 0.2) is 42.6 Å². The molecular weight excluding hydrogens is 246 g/mol. The van der Waals surface area contributed by atoms with E-state index in [-0.39, 0.29) is 0 Å². The van der Waals surface area contributed by atoms with Crippen molar-refractivity contribution in [2.75, 3.05) is 18.5 Å². The van der Waals surface area contributed by atoms with Crippen LogP contribution >= 0.6 is 0 Å². The van der Waals surface area contributed by atoms with Gasteiger partial charge in [-0.05, 0) is 36.2 Å². The summed E-state index contributed by atoms with van der Waals surface area (Å²) >= 11 is 0. The lowest BCUT2D eigenvalue weighted by Crippen LogP contribution is -2.19. The largest absolute Gasteiger partial charge is 0.355 e. The lowest BCUT2D eigenvalue weighted by atomic mass is 10.1. The van der Waals surface area contributed by atoms with Gasteiger partial charge in [0.1, 0.15) is 5.82 Å². The van der Waals surface area contributed by atoms with Gasteiger partial charge in [-0.15, -0.1) is 0 Å². The molecule has 0 amide bonds. The van der Waals surface area contributed by atoms with Gasteiger partial charge >= 0.3 is 0 Å². The minimum atomic E-state index is 0.876. The van der Waals surface area contributed by atoms with Crippen LogP contribution in [0.3, 0.4) is 0 Å². The Morgan fingerprint density at radius 2 is 1.90 bits per heavy atom. The van der Waals surface area contributed by atoms with Gasteiger partial charge in [-0.25, -0.2) is 4.98 Å². The van der Waals surface area contributed by atoms with E-state index >= 15 is 0 Å². The summed E-state index contributed by atoms with van der Waals surface area (Å²) in [6.45, 7) is 6.98. The molecule has 0 atom stereocenters. The summed E-state index contributed by atoms with van der Waals surface area (Å²) in [5.74, 6) is 1.05. The molecule has 3 nitrogen and oxygen atoms in total. The second-order valence-electron chi connectivity index (χ2n) is 5.11. The Morgan fingerprint density at radius 1 is 1.15 bits per heavy atom. The average Bonchev–Trinajstić information content (AvgIpc) is 2.46. The molecule has 0 fully saturated rings. The van der Waals surface area contributed by atoms with Gasteiger partial charge in [0.15, 0.2) is 0 Å². The SMILES string of the molecule is CCNCc1cnc(N(C)Cc2ccccc2)c(C)c1. The number of pyridine rings is 1. The first-order chi connectivity index (χ1) is 9.70. The molecule has 1 aromatic heterocycles. The Balaban J connectivity index is 2.08. The van der Waals surface area contributed by atoms with Crippen LogP contribution in [0, 0.1) is 6.92 Å². The van der Waals surface area contributed by atoms with Gasteiger partial charge < -0.3 is 10.2 Å². The van der Waals surface area contributed by atoms with Crippen molar-refractivity contribution >= 4 is 5.82 Å². The molecule has 1 aromatic carbocycles. The van der Waals surface area contributed by atoms with Crippen molar-refractivity contribution in [1.82, 2.24) is 10.3 Å². The zero-order chi connectivity index (χ0) is 14.4. The van der Waals surface area contributed by atoms with E-state index < -0.39 is 0 Å². The van der Waals surface area contributed by atoms with Gasteiger partial charge in [0.05, 0.1) is 0 Å². The Hall–Kier alpha value is -1.87. The van der Waals surface area contributed by atoms with Crippen LogP contribution in [-0.4, -0.2) is 18.6 Å². The van der Waals surface area contributed by atoms with Crippen LogP contribution in [0.4, 0.5) is 5.82 Å². The number of aryl methyl sites for hydroxylation is 1. The molecule has 0 aliphatic heterocycles. The average molecular weight is 269 g/mol. The molecule has 0 radical (unpaired) electrons. The van der Waals surface area contributed by atoms with Gasteiger partial charge in [0.25, 0.3) is 0 Å². The van der Waals surface area contributed by atoms with Gasteiger partial charge in [0.2, 0.25) is 0 Å². The highest BCUT2D eigenvalue weighted by Gasteiger charge is 2.07.